The lowest BCUT2D eigenvalue weighted by Gasteiger charge is -2.25. The maximum Gasteiger partial charge on any atom is 0.331 e. The molecule has 0 radical (unpaired) electrons. The summed E-state index contributed by atoms with van der Waals surface area (Å²) in [6, 6.07) is 13.4. The molecule has 0 unspecified atom stereocenters. The minimum atomic E-state index is -1.06. The third-order valence-corrected chi connectivity index (χ3v) is 3.62. The first-order valence-corrected chi connectivity index (χ1v) is 7.84. The Labute approximate surface area is 146 Å². The summed E-state index contributed by atoms with van der Waals surface area (Å²) in [4.78, 5) is 23.8. The van der Waals surface area contributed by atoms with Gasteiger partial charge >= 0.3 is 5.97 Å². The maximum absolute atomic E-state index is 14.0. The summed E-state index contributed by atoms with van der Waals surface area (Å²) in [5.74, 6) is -1.64. The molecule has 2 rings (SSSR count). The molecule has 0 bridgehead atoms. The van der Waals surface area contributed by atoms with Crippen LogP contribution in [0.3, 0.4) is 0 Å². The van der Waals surface area contributed by atoms with Gasteiger partial charge in [0, 0.05) is 12.7 Å². The van der Waals surface area contributed by atoms with Crippen molar-refractivity contribution < 1.29 is 18.7 Å². The van der Waals surface area contributed by atoms with Gasteiger partial charge < -0.3 is 15.4 Å². The SMILES string of the molecule is CNC(=O)c1ccc(NC(C)(C)C(=O)OCc2ccccc2)cc1F. The van der Waals surface area contributed by atoms with Crippen LogP contribution in [-0.4, -0.2) is 24.5 Å². The Morgan fingerprint density at radius 3 is 2.40 bits per heavy atom. The molecule has 132 valence electrons. The molecule has 0 fully saturated rings. The third kappa shape index (κ3) is 4.79. The van der Waals surface area contributed by atoms with Crippen LogP contribution in [0.4, 0.5) is 10.1 Å². The number of anilines is 1. The predicted molar refractivity (Wildman–Crippen MR) is 93.7 cm³/mol. The summed E-state index contributed by atoms with van der Waals surface area (Å²) in [6.07, 6.45) is 0. The van der Waals surface area contributed by atoms with Crippen LogP contribution in [0.25, 0.3) is 0 Å². The number of nitrogens with one attached hydrogen (secondary N) is 2. The fourth-order valence-electron chi connectivity index (χ4n) is 2.23. The number of carbonyl (C=O) groups excluding carboxylic acids is 2. The number of hydrogen-bond donors (Lipinski definition) is 2. The van der Waals surface area contributed by atoms with Gasteiger partial charge in [0.2, 0.25) is 0 Å². The first-order chi connectivity index (χ1) is 11.8. The van der Waals surface area contributed by atoms with E-state index in [4.69, 9.17) is 4.74 Å². The highest BCUT2D eigenvalue weighted by molar-refractivity contribution is 5.94. The Bertz CT molecular complexity index is 761. The van der Waals surface area contributed by atoms with Gasteiger partial charge in [-0.25, -0.2) is 9.18 Å². The molecule has 0 saturated heterocycles. The molecule has 1 amide bonds. The minimum absolute atomic E-state index is 0.0579. The first kappa shape index (κ1) is 18.4. The van der Waals surface area contributed by atoms with Crippen molar-refractivity contribution in [3.8, 4) is 0 Å². The van der Waals surface area contributed by atoms with Crippen molar-refractivity contribution in [1.29, 1.82) is 0 Å². The number of amides is 1. The monoisotopic (exact) mass is 344 g/mol. The van der Waals surface area contributed by atoms with E-state index in [-0.39, 0.29) is 12.2 Å². The second kappa shape index (κ2) is 7.79. The average Bonchev–Trinajstić information content (AvgIpc) is 2.59. The lowest BCUT2D eigenvalue weighted by molar-refractivity contribution is -0.149. The van der Waals surface area contributed by atoms with Crippen LogP contribution in [0.5, 0.6) is 0 Å². The van der Waals surface area contributed by atoms with Gasteiger partial charge in [0.1, 0.15) is 18.0 Å². The number of halogens is 1. The molecule has 2 aromatic rings. The van der Waals surface area contributed by atoms with E-state index in [1.807, 2.05) is 30.3 Å². The lowest BCUT2D eigenvalue weighted by atomic mass is 10.0. The molecule has 0 atom stereocenters. The topological polar surface area (TPSA) is 67.4 Å². The van der Waals surface area contributed by atoms with Crippen molar-refractivity contribution in [3.05, 3.63) is 65.5 Å². The first-order valence-electron chi connectivity index (χ1n) is 7.84. The van der Waals surface area contributed by atoms with Crippen LogP contribution in [0, 0.1) is 5.82 Å². The minimum Gasteiger partial charge on any atom is -0.459 e. The molecular weight excluding hydrogens is 323 g/mol. The third-order valence-electron chi connectivity index (χ3n) is 3.62. The van der Waals surface area contributed by atoms with Crippen molar-refractivity contribution in [3.63, 3.8) is 0 Å². The molecule has 2 aromatic carbocycles. The van der Waals surface area contributed by atoms with Gasteiger partial charge in [-0.2, -0.15) is 0 Å². The standard InChI is InChI=1S/C19H21FN2O3/c1-19(2,18(24)25-12-13-7-5-4-6-8-13)22-14-9-10-15(16(20)11-14)17(23)21-3/h4-11,22H,12H2,1-3H3,(H,21,23). The highest BCUT2D eigenvalue weighted by Crippen LogP contribution is 2.20. The molecule has 0 spiro atoms. The Kier molecular flexibility index (Phi) is 5.75. The van der Waals surface area contributed by atoms with Gasteiger partial charge in [0.05, 0.1) is 5.56 Å². The van der Waals surface area contributed by atoms with Crippen molar-refractivity contribution in [2.45, 2.75) is 26.0 Å². The zero-order valence-corrected chi connectivity index (χ0v) is 14.4. The molecule has 0 aromatic heterocycles. The second-order valence-electron chi connectivity index (χ2n) is 6.09. The van der Waals surface area contributed by atoms with Crippen molar-refractivity contribution in [1.82, 2.24) is 5.32 Å². The number of esters is 1. The summed E-state index contributed by atoms with van der Waals surface area (Å²) in [7, 11) is 1.43. The Morgan fingerprint density at radius 2 is 1.80 bits per heavy atom. The largest absolute Gasteiger partial charge is 0.459 e. The number of rotatable bonds is 6. The molecule has 0 aliphatic heterocycles. The molecule has 0 aliphatic carbocycles. The van der Waals surface area contributed by atoms with Gasteiger partial charge in [-0.1, -0.05) is 30.3 Å². The van der Waals surface area contributed by atoms with Gasteiger partial charge in [-0.05, 0) is 37.6 Å². The second-order valence-corrected chi connectivity index (χ2v) is 6.09. The summed E-state index contributed by atoms with van der Waals surface area (Å²) < 4.78 is 19.3. The predicted octanol–water partition coefficient (Wildman–Crippen LogP) is 3.12. The van der Waals surface area contributed by atoms with E-state index in [0.29, 0.717) is 5.69 Å². The zero-order valence-electron chi connectivity index (χ0n) is 14.4. The molecule has 25 heavy (non-hydrogen) atoms. The Balaban J connectivity index is 2.03. The van der Waals surface area contributed by atoms with E-state index >= 15 is 0 Å². The van der Waals surface area contributed by atoms with Crippen LogP contribution in [-0.2, 0) is 16.1 Å². The van der Waals surface area contributed by atoms with Gasteiger partial charge in [0.25, 0.3) is 5.91 Å². The molecule has 0 saturated carbocycles. The van der Waals surface area contributed by atoms with Crippen molar-refractivity contribution >= 4 is 17.6 Å². The fraction of sp³-hybridized carbons (Fsp3) is 0.263. The molecule has 6 heteroatoms. The molecule has 0 aliphatic rings. The fourth-order valence-corrected chi connectivity index (χ4v) is 2.23. The lowest BCUT2D eigenvalue weighted by Crippen LogP contribution is -2.41. The zero-order chi connectivity index (χ0) is 18.4. The summed E-state index contributed by atoms with van der Waals surface area (Å²) >= 11 is 0. The average molecular weight is 344 g/mol. The van der Waals surface area contributed by atoms with E-state index < -0.39 is 23.2 Å². The van der Waals surface area contributed by atoms with Gasteiger partial charge in [-0.15, -0.1) is 0 Å². The summed E-state index contributed by atoms with van der Waals surface area (Å²) in [5, 5.41) is 5.30. The number of carbonyl (C=O) groups is 2. The van der Waals surface area contributed by atoms with Crippen LogP contribution in [0.1, 0.15) is 29.8 Å². The van der Waals surface area contributed by atoms with Crippen LogP contribution in [0.2, 0.25) is 0 Å². The number of ether oxygens (including phenoxy) is 1. The molecule has 5 nitrogen and oxygen atoms in total. The Morgan fingerprint density at radius 1 is 1.12 bits per heavy atom. The Hall–Kier alpha value is -2.89. The summed E-state index contributed by atoms with van der Waals surface area (Å²) in [6.45, 7) is 3.45. The number of hydrogen-bond acceptors (Lipinski definition) is 4. The van der Waals surface area contributed by atoms with Gasteiger partial charge in [-0.3, -0.25) is 4.79 Å². The van der Waals surface area contributed by atoms with Crippen molar-refractivity contribution in [2.75, 3.05) is 12.4 Å². The quantitative estimate of drug-likeness (QED) is 0.790. The molecule has 0 heterocycles. The van der Waals surface area contributed by atoms with E-state index in [1.165, 1.54) is 19.2 Å². The van der Waals surface area contributed by atoms with Gasteiger partial charge in [0.15, 0.2) is 0 Å². The highest BCUT2D eigenvalue weighted by atomic mass is 19.1. The van der Waals surface area contributed by atoms with Crippen molar-refractivity contribution in [2.24, 2.45) is 0 Å². The number of benzene rings is 2. The van der Waals surface area contributed by atoms with Crippen LogP contribution < -0.4 is 10.6 Å². The van der Waals surface area contributed by atoms with E-state index in [1.54, 1.807) is 19.9 Å². The van der Waals surface area contributed by atoms with E-state index in [2.05, 4.69) is 10.6 Å². The van der Waals surface area contributed by atoms with E-state index in [9.17, 15) is 14.0 Å². The summed E-state index contributed by atoms with van der Waals surface area (Å²) in [5.41, 5.74) is 0.146. The molecular formula is C19H21FN2O3. The van der Waals surface area contributed by atoms with E-state index in [0.717, 1.165) is 5.56 Å². The van der Waals surface area contributed by atoms with Crippen LogP contribution >= 0.6 is 0 Å². The maximum atomic E-state index is 14.0. The van der Waals surface area contributed by atoms with Crippen LogP contribution in [0.15, 0.2) is 48.5 Å². The normalized spacial score (nSPS) is 10.9. The highest BCUT2D eigenvalue weighted by Gasteiger charge is 2.29. The smallest absolute Gasteiger partial charge is 0.331 e. The molecule has 2 N–H and O–H groups in total.